The molecule has 4 nitrogen and oxygen atoms in total. The molecule has 4 heteroatoms. The molecule has 0 heterocycles. The van der Waals surface area contributed by atoms with Crippen LogP contribution >= 0.6 is 0 Å². The van der Waals surface area contributed by atoms with Gasteiger partial charge < -0.3 is 11.1 Å². The largest absolute Gasteiger partial charge is 0.366 e. The molecule has 0 aliphatic rings. The van der Waals surface area contributed by atoms with E-state index in [1.54, 1.807) is 0 Å². The van der Waals surface area contributed by atoms with Crippen molar-refractivity contribution in [1.82, 2.24) is 5.32 Å². The number of hydrogen-bond acceptors (Lipinski definition) is 2. The lowest BCUT2D eigenvalue weighted by Crippen LogP contribution is -2.21. The van der Waals surface area contributed by atoms with E-state index >= 15 is 0 Å². The van der Waals surface area contributed by atoms with Gasteiger partial charge in [0.1, 0.15) is 0 Å². The molecule has 0 saturated carbocycles. The first-order chi connectivity index (χ1) is 5.16. The second-order valence-electron chi connectivity index (χ2n) is 1.77. The van der Waals surface area contributed by atoms with E-state index in [0.717, 1.165) is 12.2 Å². The molecule has 0 aromatic heterocycles. The van der Waals surface area contributed by atoms with Crippen LogP contribution in [0, 0.1) is 0 Å². The highest BCUT2D eigenvalue weighted by Crippen LogP contribution is 1.72. The predicted octanol–water partition coefficient (Wildman–Crippen LogP) is -0.670. The van der Waals surface area contributed by atoms with Gasteiger partial charge in [0.05, 0.1) is 0 Å². The molecule has 0 spiro atoms. The minimum Gasteiger partial charge on any atom is -0.366 e. The Hall–Kier alpha value is -1.58. The summed E-state index contributed by atoms with van der Waals surface area (Å²) in [6, 6.07) is 0. The number of nitrogens with one attached hydrogen (secondary N) is 1. The molecule has 0 unspecified atom stereocenters. The summed E-state index contributed by atoms with van der Waals surface area (Å²) < 4.78 is 0. The van der Waals surface area contributed by atoms with Gasteiger partial charge in [-0.1, -0.05) is 6.08 Å². The van der Waals surface area contributed by atoms with Gasteiger partial charge in [0.25, 0.3) is 0 Å². The highest BCUT2D eigenvalue weighted by Gasteiger charge is 1.91. The van der Waals surface area contributed by atoms with Crippen molar-refractivity contribution in [2.45, 2.75) is 0 Å². The molecule has 11 heavy (non-hydrogen) atoms. The van der Waals surface area contributed by atoms with Crippen molar-refractivity contribution in [1.29, 1.82) is 0 Å². The van der Waals surface area contributed by atoms with Crippen LogP contribution in [0.4, 0.5) is 0 Å². The molecule has 0 rings (SSSR count). The standard InChI is InChI=1S/C7H10N2O2/c1-2-5-9-7(11)4-3-6(8)10/h2-4H,1,5H2,(H2,8,10)(H,9,11). The van der Waals surface area contributed by atoms with E-state index in [1.807, 2.05) is 0 Å². The van der Waals surface area contributed by atoms with Crippen LogP contribution in [0.2, 0.25) is 0 Å². The fraction of sp³-hybridized carbons (Fsp3) is 0.143. The summed E-state index contributed by atoms with van der Waals surface area (Å²) in [5.41, 5.74) is 4.74. The van der Waals surface area contributed by atoms with Gasteiger partial charge in [-0.2, -0.15) is 0 Å². The molecular formula is C7H10N2O2. The quantitative estimate of drug-likeness (QED) is 0.416. The lowest BCUT2D eigenvalue weighted by atomic mass is 10.4. The first-order valence-electron chi connectivity index (χ1n) is 3.03. The van der Waals surface area contributed by atoms with Gasteiger partial charge in [0.15, 0.2) is 0 Å². The van der Waals surface area contributed by atoms with Crippen LogP contribution in [0.3, 0.4) is 0 Å². The van der Waals surface area contributed by atoms with E-state index in [-0.39, 0.29) is 5.91 Å². The van der Waals surface area contributed by atoms with Gasteiger partial charge in [0, 0.05) is 18.7 Å². The number of carbonyl (C=O) groups is 2. The van der Waals surface area contributed by atoms with Gasteiger partial charge in [0.2, 0.25) is 11.8 Å². The third-order valence-corrected chi connectivity index (χ3v) is 0.820. The maximum Gasteiger partial charge on any atom is 0.244 e. The Morgan fingerprint density at radius 2 is 2.09 bits per heavy atom. The smallest absolute Gasteiger partial charge is 0.244 e. The first-order valence-corrected chi connectivity index (χ1v) is 3.03. The highest BCUT2D eigenvalue weighted by atomic mass is 16.2. The number of carbonyl (C=O) groups excluding carboxylic acids is 2. The second kappa shape index (κ2) is 5.22. The molecule has 0 radical (unpaired) electrons. The summed E-state index contributed by atoms with van der Waals surface area (Å²) in [7, 11) is 0. The lowest BCUT2D eigenvalue weighted by molar-refractivity contribution is -0.117. The van der Waals surface area contributed by atoms with Crippen molar-refractivity contribution in [2.75, 3.05) is 6.54 Å². The van der Waals surface area contributed by atoms with Crippen LogP contribution in [-0.4, -0.2) is 18.4 Å². The molecule has 0 aromatic carbocycles. The third-order valence-electron chi connectivity index (χ3n) is 0.820. The van der Waals surface area contributed by atoms with Gasteiger partial charge in [-0.3, -0.25) is 9.59 Å². The topological polar surface area (TPSA) is 72.2 Å². The van der Waals surface area contributed by atoms with Crippen LogP contribution in [0.15, 0.2) is 24.8 Å². The fourth-order valence-corrected chi connectivity index (χ4v) is 0.390. The van der Waals surface area contributed by atoms with Crippen molar-refractivity contribution in [2.24, 2.45) is 5.73 Å². The summed E-state index contributed by atoms with van der Waals surface area (Å²) in [6.07, 6.45) is 3.61. The van der Waals surface area contributed by atoms with Crippen LogP contribution in [0.1, 0.15) is 0 Å². The molecule has 0 bridgehead atoms. The number of rotatable bonds is 4. The Balaban J connectivity index is 3.68. The van der Waals surface area contributed by atoms with Crippen molar-refractivity contribution in [3.63, 3.8) is 0 Å². The molecule has 0 aromatic rings. The number of amides is 2. The molecule has 0 saturated heterocycles. The summed E-state index contributed by atoms with van der Waals surface area (Å²) >= 11 is 0. The number of hydrogen-bond donors (Lipinski definition) is 2. The Morgan fingerprint density at radius 1 is 1.45 bits per heavy atom. The molecule has 0 aliphatic carbocycles. The van der Waals surface area contributed by atoms with Gasteiger partial charge >= 0.3 is 0 Å². The van der Waals surface area contributed by atoms with Crippen molar-refractivity contribution < 1.29 is 9.59 Å². The van der Waals surface area contributed by atoms with E-state index in [0.29, 0.717) is 6.54 Å². The molecular weight excluding hydrogens is 144 g/mol. The Bertz CT molecular complexity index is 197. The van der Waals surface area contributed by atoms with E-state index in [9.17, 15) is 9.59 Å². The first kappa shape index (κ1) is 9.42. The molecule has 0 atom stereocenters. The summed E-state index contributed by atoms with van der Waals surface area (Å²) in [5.74, 6) is -0.998. The Kier molecular flexibility index (Phi) is 4.47. The average molecular weight is 154 g/mol. The van der Waals surface area contributed by atoms with Crippen LogP contribution in [-0.2, 0) is 9.59 Å². The predicted molar refractivity (Wildman–Crippen MR) is 41.5 cm³/mol. The lowest BCUT2D eigenvalue weighted by Gasteiger charge is -1.93. The molecule has 0 aliphatic heterocycles. The van der Waals surface area contributed by atoms with Crippen molar-refractivity contribution >= 4 is 11.8 Å². The van der Waals surface area contributed by atoms with Gasteiger partial charge in [-0.15, -0.1) is 6.58 Å². The molecule has 0 fully saturated rings. The molecule has 3 N–H and O–H groups in total. The van der Waals surface area contributed by atoms with Gasteiger partial charge in [-0.05, 0) is 0 Å². The zero-order chi connectivity index (χ0) is 8.69. The van der Waals surface area contributed by atoms with Crippen LogP contribution < -0.4 is 11.1 Å². The third kappa shape index (κ3) is 6.30. The highest BCUT2D eigenvalue weighted by molar-refractivity contribution is 5.95. The average Bonchev–Trinajstić information content (AvgIpc) is 1.97. The summed E-state index contributed by atoms with van der Waals surface area (Å²) in [5, 5.41) is 2.44. The number of nitrogens with two attached hydrogens (primary N) is 1. The van der Waals surface area contributed by atoms with Crippen LogP contribution in [0.5, 0.6) is 0 Å². The summed E-state index contributed by atoms with van der Waals surface area (Å²) in [6.45, 7) is 3.77. The fourth-order valence-electron chi connectivity index (χ4n) is 0.390. The minimum atomic E-state index is -0.640. The monoisotopic (exact) mass is 154 g/mol. The second-order valence-corrected chi connectivity index (χ2v) is 1.77. The summed E-state index contributed by atoms with van der Waals surface area (Å²) in [4.78, 5) is 20.8. The Labute approximate surface area is 64.8 Å². The Morgan fingerprint density at radius 3 is 2.55 bits per heavy atom. The normalized spacial score (nSPS) is 9.45. The minimum absolute atomic E-state index is 0.358. The van der Waals surface area contributed by atoms with E-state index in [1.165, 1.54) is 6.08 Å². The van der Waals surface area contributed by atoms with Crippen LogP contribution in [0.25, 0.3) is 0 Å². The SMILES string of the molecule is C=CCNC(=O)C=CC(N)=O. The van der Waals surface area contributed by atoms with E-state index in [4.69, 9.17) is 5.73 Å². The molecule has 60 valence electrons. The maximum atomic E-state index is 10.7. The zero-order valence-corrected chi connectivity index (χ0v) is 6.04. The molecule has 2 amide bonds. The maximum absolute atomic E-state index is 10.7. The van der Waals surface area contributed by atoms with Crippen molar-refractivity contribution in [3.05, 3.63) is 24.8 Å². The van der Waals surface area contributed by atoms with E-state index < -0.39 is 5.91 Å². The zero-order valence-electron chi connectivity index (χ0n) is 6.04. The van der Waals surface area contributed by atoms with Gasteiger partial charge in [-0.25, -0.2) is 0 Å². The number of primary amides is 1. The van der Waals surface area contributed by atoms with E-state index in [2.05, 4.69) is 11.9 Å². The van der Waals surface area contributed by atoms with Crippen molar-refractivity contribution in [3.8, 4) is 0 Å².